The lowest BCUT2D eigenvalue weighted by atomic mass is 9.85. The van der Waals surface area contributed by atoms with Crippen LogP contribution in [-0.4, -0.2) is 35.8 Å². The number of allylic oxidation sites excluding steroid dienone is 2. The van der Waals surface area contributed by atoms with Gasteiger partial charge < -0.3 is 10.1 Å². The van der Waals surface area contributed by atoms with Crippen LogP contribution >= 0.6 is 11.6 Å². The number of nitrogens with zero attached hydrogens (tertiary/aromatic N) is 1. The largest absolute Gasteiger partial charge is 0.495 e. The molecule has 3 atom stereocenters. The average Bonchev–Trinajstić information content (AvgIpc) is 2.86. The van der Waals surface area contributed by atoms with Gasteiger partial charge in [-0.3, -0.25) is 19.3 Å². The molecule has 25 heavy (non-hydrogen) atoms. The van der Waals surface area contributed by atoms with Gasteiger partial charge in [0, 0.05) is 5.69 Å². The summed E-state index contributed by atoms with van der Waals surface area (Å²) in [6.07, 6.45) is 4.93. The first-order valence-corrected chi connectivity index (χ1v) is 8.48. The number of rotatable bonds is 4. The number of anilines is 1. The molecule has 1 fully saturated rings. The van der Waals surface area contributed by atoms with Crippen LogP contribution in [0, 0.1) is 11.8 Å². The maximum Gasteiger partial charge on any atom is 0.247 e. The number of carbonyl (C=O) groups is 3. The third kappa shape index (κ3) is 3.14. The highest BCUT2D eigenvalue weighted by atomic mass is 35.5. The minimum absolute atomic E-state index is 0.269. The third-order valence-electron chi connectivity index (χ3n) is 4.73. The van der Waals surface area contributed by atoms with Crippen molar-refractivity contribution in [2.24, 2.45) is 11.8 Å². The number of hydrogen-bond donors (Lipinski definition) is 1. The first kappa shape index (κ1) is 17.5. The van der Waals surface area contributed by atoms with Gasteiger partial charge in [0.15, 0.2) is 0 Å². The zero-order valence-corrected chi connectivity index (χ0v) is 14.7. The highest BCUT2D eigenvalue weighted by Crippen LogP contribution is 2.36. The molecule has 1 aliphatic heterocycles. The van der Waals surface area contributed by atoms with E-state index >= 15 is 0 Å². The highest BCUT2D eigenvalue weighted by molar-refractivity contribution is 6.32. The molecular weight excluding hydrogens is 344 g/mol. The minimum Gasteiger partial charge on any atom is -0.495 e. The number of methoxy groups -OCH3 is 1. The molecule has 1 heterocycles. The summed E-state index contributed by atoms with van der Waals surface area (Å²) in [5.74, 6) is -1.17. The van der Waals surface area contributed by atoms with Crippen LogP contribution in [0.3, 0.4) is 0 Å². The maximum absolute atomic E-state index is 12.5. The standard InChI is InChI=1S/C18H19ClN2O4/c1-10(16(22)20-11-7-8-15(25-2)14(19)9-11)21-17(23)12-5-3-4-6-13(12)18(21)24/h3-4,7-10,12-13H,5-6H2,1-2H3,(H,20,22)/t10-,12-,13+/m0/s1. The predicted molar refractivity (Wildman–Crippen MR) is 93.3 cm³/mol. The summed E-state index contributed by atoms with van der Waals surface area (Å²) in [6, 6.07) is 3.95. The van der Waals surface area contributed by atoms with E-state index in [9.17, 15) is 14.4 Å². The van der Waals surface area contributed by atoms with Crippen LogP contribution in [0.5, 0.6) is 5.75 Å². The lowest BCUT2D eigenvalue weighted by Crippen LogP contribution is -2.46. The molecule has 3 rings (SSSR count). The Balaban J connectivity index is 1.73. The summed E-state index contributed by atoms with van der Waals surface area (Å²) in [5.41, 5.74) is 0.473. The number of likely N-dealkylation sites (tertiary alicyclic amines) is 1. The van der Waals surface area contributed by atoms with Crippen molar-refractivity contribution in [3.8, 4) is 5.75 Å². The summed E-state index contributed by atoms with van der Waals surface area (Å²) in [4.78, 5) is 38.7. The van der Waals surface area contributed by atoms with E-state index in [2.05, 4.69) is 5.32 Å². The molecular formula is C18H19ClN2O4. The normalized spacial score (nSPS) is 23.4. The molecule has 0 spiro atoms. The van der Waals surface area contributed by atoms with Gasteiger partial charge in [0.2, 0.25) is 17.7 Å². The van der Waals surface area contributed by atoms with Crippen molar-refractivity contribution in [3.63, 3.8) is 0 Å². The van der Waals surface area contributed by atoms with E-state index in [0.717, 1.165) is 4.90 Å². The Hall–Kier alpha value is -2.34. The fraction of sp³-hybridized carbons (Fsp3) is 0.389. The van der Waals surface area contributed by atoms with E-state index in [4.69, 9.17) is 16.3 Å². The Morgan fingerprint density at radius 3 is 2.36 bits per heavy atom. The molecule has 1 N–H and O–H groups in total. The Labute approximate surface area is 150 Å². The third-order valence-corrected chi connectivity index (χ3v) is 5.02. The van der Waals surface area contributed by atoms with Gasteiger partial charge >= 0.3 is 0 Å². The number of carbonyl (C=O) groups excluding carboxylic acids is 3. The van der Waals surface area contributed by atoms with Crippen LogP contribution in [0.2, 0.25) is 5.02 Å². The van der Waals surface area contributed by atoms with Crippen LogP contribution in [0.4, 0.5) is 5.69 Å². The second kappa shape index (κ2) is 6.88. The molecule has 0 radical (unpaired) electrons. The molecule has 6 nitrogen and oxygen atoms in total. The zero-order valence-electron chi connectivity index (χ0n) is 14.0. The summed E-state index contributed by atoms with van der Waals surface area (Å²) in [5, 5.41) is 3.05. The number of imide groups is 1. The summed E-state index contributed by atoms with van der Waals surface area (Å²) >= 11 is 6.05. The summed E-state index contributed by atoms with van der Waals surface area (Å²) < 4.78 is 5.07. The number of nitrogens with one attached hydrogen (secondary N) is 1. The smallest absolute Gasteiger partial charge is 0.247 e. The number of fused-ring (bicyclic) bond motifs is 1. The topological polar surface area (TPSA) is 75.7 Å². The number of halogens is 1. The van der Waals surface area contributed by atoms with Crippen molar-refractivity contribution in [1.29, 1.82) is 0 Å². The number of benzene rings is 1. The van der Waals surface area contributed by atoms with Gasteiger partial charge in [-0.1, -0.05) is 23.8 Å². The van der Waals surface area contributed by atoms with Crippen molar-refractivity contribution >= 4 is 35.0 Å². The summed E-state index contributed by atoms with van der Waals surface area (Å²) in [6.45, 7) is 1.56. The summed E-state index contributed by atoms with van der Waals surface area (Å²) in [7, 11) is 1.50. The van der Waals surface area contributed by atoms with E-state index in [1.165, 1.54) is 7.11 Å². The number of amides is 3. The monoisotopic (exact) mass is 362 g/mol. The van der Waals surface area contributed by atoms with Crippen molar-refractivity contribution in [3.05, 3.63) is 35.4 Å². The van der Waals surface area contributed by atoms with Crippen LogP contribution < -0.4 is 10.1 Å². The second-order valence-corrected chi connectivity index (χ2v) is 6.62. The van der Waals surface area contributed by atoms with Crippen molar-refractivity contribution < 1.29 is 19.1 Å². The molecule has 1 aliphatic carbocycles. The second-order valence-electron chi connectivity index (χ2n) is 6.22. The van der Waals surface area contributed by atoms with E-state index in [1.807, 2.05) is 12.2 Å². The fourth-order valence-electron chi connectivity index (χ4n) is 3.32. The Kier molecular flexibility index (Phi) is 4.81. The lowest BCUT2D eigenvalue weighted by Gasteiger charge is -2.22. The molecule has 1 aromatic rings. The molecule has 1 aromatic carbocycles. The van der Waals surface area contributed by atoms with Crippen LogP contribution in [0.15, 0.2) is 30.4 Å². The minimum atomic E-state index is -0.883. The molecule has 0 saturated carbocycles. The Morgan fingerprint density at radius 2 is 1.84 bits per heavy atom. The molecule has 0 aromatic heterocycles. The predicted octanol–water partition coefficient (Wildman–Crippen LogP) is 2.63. The van der Waals surface area contributed by atoms with E-state index < -0.39 is 11.9 Å². The molecule has 2 aliphatic rings. The van der Waals surface area contributed by atoms with Gasteiger partial charge in [0.05, 0.1) is 24.0 Å². The van der Waals surface area contributed by atoms with Crippen LogP contribution in [0.1, 0.15) is 19.8 Å². The Morgan fingerprint density at radius 1 is 1.24 bits per heavy atom. The van der Waals surface area contributed by atoms with Crippen LogP contribution in [0.25, 0.3) is 0 Å². The maximum atomic E-state index is 12.5. The molecule has 7 heteroatoms. The van der Waals surface area contributed by atoms with Gasteiger partial charge in [-0.25, -0.2) is 0 Å². The first-order chi connectivity index (χ1) is 11.9. The quantitative estimate of drug-likeness (QED) is 0.660. The molecule has 1 saturated heterocycles. The lowest BCUT2D eigenvalue weighted by molar-refractivity contribution is -0.146. The molecule has 3 amide bonds. The Bertz CT molecular complexity index is 735. The van der Waals surface area contributed by atoms with Gasteiger partial charge in [-0.05, 0) is 38.0 Å². The van der Waals surface area contributed by atoms with Gasteiger partial charge in [0.1, 0.15) is 11.8 Å². The SMILES string of the molecule is COc1ccc(NC(=O)[C@H](C)N2C(=O)[C@H]3CC=CC[C@H]3C2=O)cc1Cl. The zero-order chi connectivity index (χ0) is 18.1. The molecule has 132 valence electrons. The first-order valence-electron chi connectivity index (χ1n) is 8.10. The number of ether oxygens (including phenoxy) is 1. The molecule has 0 bridgehead atoms. The fourth-order valence-corrected chi connectivity index (χ4v) is 3.57. The van der Waals surface area contributed by atoms with Crippen molar-refractivity contribution in [2.45, 2.75) is 25.8 Å². The number of hydrogen-bond acceptors (Lipinski definition) is 4. The van der Waals surface area contributed by atoms with Crippen LogP contribution in [-0.2, 0) is 14.4 Å². The van der Waals surface area contributed by atoms with Gasteiger partial charge in [0.25, 0.3) is 0 Å². The molecule has 0 unspecified atom stereocenters. The highest BCUT2D eigenvalue weighted by Gasteiger charge is 2.50. The van der Waals surface area contributed by atoms with Crippen molar-refractivity contribution in [1.82, 2.24) is 4.90 Å². The average molecular weight is 363 g/mol. The van der Waals surface area contributed by atoms with Crippen molar-refractivity contribution in [2.75, 3.05) is 12.4 Å². The van der Waals surface area contributed by atoms with Gasteiger partial charge in [-0.15, -0.1) is 0 Å². The van der Waals surface area contributed by atoms with Gasteiger partial charge in [-0.2, -0.15) is 0 Å². The van der Waals surface area contributed by atoms with E-state index in [-0.39, 0.29) is 23.7 Å². The van der Waals surface area contributed by atoms with E-state index in [1.54, 1.807) is 25.1 Å². The van der Waals surface area contributed by atoms with E-state index in [0.29, 0.717) is 29.3 Å².